The predicted octanol–water partition coefficient (Wildman–Crippen LogP) is 5.97. The van der Waals surface area contributed by atoms with Gasteiger partial charge in [0.25, 0.3) is 0 Å². The van der Waals surface area contributed by atoms with Gasteiger partial charge in [0, 0.05) is 128 Å². The minimum Gasteiger partial charge on any atom is -0.508 e. The maximum atomic E-state index is 14.4. The average molecular weight is 2010 g/mol. The summed E-state index contributed by atoms with van der Waals surface area (Å²) in [5.41, 5.74) is 4.61. The number of carbonyl (C=O) groups excluding carboxylic acids is 10. The Labute approximate surface area is 834 Å². The number of hydrogen-bond acceptors (Lipinski definition) is 22. The summed E-state index contributed by atoms with van der Waals surface area (Å²) in [6, 6.07) is 33.0. The molecule has 0 saturated carbocycles. The molecule has 0 spiro atoms. The van der Waals surface area contributed by atoms with Crippen LogP contribution < -0.4 is 63.8 Å². The fourth-order valence-electron chi connectivity index (χ4n) is 15.6. The molecule has 8 unspecified atom stereocenters. The standard InChI is InChI=1S/C102H136N14O28/c117-83-61-71(41-47-87(121)107-81(59-69-31-15-9-16-32-69)95(133)109-79(57-67-27-11-7-12-28-67)93(131)105-53-23-5-1-3-19-37-85(119)103-51-25-21-35-75(97(135)136)111-101(143)113-77(99(139)140)45-49-89(123)124)39-43-73(83)63-115(65-91(127)128)55-56-116(66-92(129)130)64-74-44-40-72(62-84(74)118)42-48-88(122)108-82(60-70-33-17-10-18-34-70)96(134)110-80(58-68-29-13-8-14-30-68)94(132)106-54-24-6-2-4-20-38-86(120)104-52-26-22-36-76(98(137)138)112-102(144)114-78(100(141)142)46-50-90(125)126/h7-18,27-34,39-40,43-44,61-62,75-82,117-118H,1-6,19-26,35-38,41-42,45-60,63-66H2,(H,103,119)(H,104,120)(H,105,131)(H,106,132)(H,107,121)(H,108,122)(H,109,133)(H,110,134)(H,123,124)(H,125,126)(H,127,128)(H,129,130)(H,135,136)(H,137,138)(H,139,140)(H,141,142)(H2,111,113,143)(H2,112,114,144). The molecule has 42 nitrogen and oxygen atoms in total. The van der Waals surface area contributed by atoms with Crippen molar-refractivity contribution in [1.29, 1.82) is 0 Å². The molecule has 6 aromatic carbocycles. The first-order valence-corrected chi connectivity index (χ1v) is 48.4. The first kappa shape index (κ1) is 118. The molecule has 782 valence electrons. The third-order valence-corrected chi connectivity index (χ3v) is 23.5. The molecule has 0 bridgehead atoms. The van der Waals surface area contributed by atoms with E-state index >= 15 is 0 Å². The Bertz CT molecular complexity index is 4850. The molecule has 0 heterocycles. The molecule has 144 heavy (non-hydrogen) atoms. The molecular formula is C102H136N14O28. The van der Waals surface area contributed by atoms with E-state index < -0.39 is 182 Å². The highest BCUT2D eigenvalue weighted by molar-refractivity contribution is 5.94. The van der Waals surface area contributed by atoms with Gasteiger partial charge in [-0.3, -0.25) is 67.3 Å². The van der Waals surface area contributed by atoms with Gasteiger partial charge in [0.2, 0.25) is 47.3 Å². The van der Waals surface area contributed by atoms with Crippen LogP contribution in [0.15, 0.2) is 158 Å². The lowest BCUT2D eigenvalue weighted by Gasteiger charge is -2.26. The van der Waals surface area contributed by atoms with Gasteiger partial charge in [0.15, 0.2) is 0 Å². The van der Waals surface area contributed by atoms with Crippen LogP contribution in [0, 0.1) is 0 Å². The third-order valence-electron chi connectivity index (χ3n) is 23.5. The van der Waals surface area contributed by atoms with Crippen molar-refractivity contribution in [1.82, 2.24) is 73.6 Å². The van der Waals surface area contributed by atoms with Gasteiger partial charge in [0.05, 0.1) is 13.1 Å². The number of hydrogen-bond donors (Lipinski definition) is 22. The summed E-state index contributed by atoms with van der Waals surface area (Å²) >= 11 is 0. The lowest BCUT2D eigenvalue weighted by atomic mass is 10.0. The number of nitrogens with zero attached hydrogens (tertiary/aromatic N) is 2. The number of aromatic hydroxyl groups is 2. The van der Waals surface area contributed by atoms with Gasteiger partial charge in [-0.05, 0) is 135 Å². The second kappa shape index (κ2) is 65.8. The fourth-order valence-corrected chi connectivity index (χ4v) is 15.6. The monoisotopic (exact) mass is 2000 g/mol. The topological polar surface area (TPSA) is 660 Å². The number of aliphatic carboxylic acids is 8. The van der Waals surface area contributed by atoms with Crippen molar-refractivity contribution in [3.8, 4) is 11.5 Å². The van der Waals surface area contributed by atoms with Crippen LogP contribution >= 0.6 is 0 Å². The Hall–Kier alpha value is -15.1. The fraction of sp³-hybridized carbons (Fsp3) is 0.471. The molecule has 0 aromatic heterocycles. The molecule has 0 aliphatic heterocycles. The number of phenols is 2. The number of urea groups is 2. The summed E-state index contributed by atoms with van der Waals surface area (Å²) in [7, 11) is 0. The van der Waals surface area contributed by atoms with Crippen LogP contribution in [0.25, 0.3) is 0 Å². The highest BCUT2D eigenvalue weighted by Crippen LogP contribution is 2.26. The lowest BCUT2D eigenvalue weighted by molar-refractivity contribution is -0.142. The quantitative estimate of drug-likeness (QED) is 0.0195. The Morgan fingerprint density at radius 2 is 0.535 bits per heavy atom. The van der Waals surface area contributed by atoms with E-state index in [0.717, 1.165) is 35.1 Å². The van der Waals surface area contributed by atoms with Gasteiger partial charge in [-0.2, -0.15) is 0 Å². The lowest BCUT2D eigenvalue weighted by Crippen LogP contribution is -2.55. The highest BCUT2D eigenvalue weighted by Gasteiger charge is 2.33. The van der Waals surface area contributed by atoms with Gasteiger partial charge in [0.1, 0.15) is 59.8 Å². The van der Waals surface area contributed by atoms with E-state index in [1.807, 2.05) is 36.4 Å². The smallest absolute Gasteiger partial charge is 0.326 e. The summed E-state index contributed by atoms with van der Waals surface area (Å²) in [4.78, 5) is 230. The number of benzene rings is 6. The van der Waals surface area contributed by atoms with E-state index in [2.05, 4.69) is 63.8 Å². The minimum absolute atomic E-state index is 0.0263. The average Bonchev–Trinajstić information content (AvgIpc) is 0.847. The molecule has 0 radical (unpaired) electrons. The first-order chi connectivity index (χ1) is 68.9. The Morgan fingerprint density at radius 1 is 0.250 bits per heavy atom. The molecule has 42 heteroatoms. The van der Waals surface area contributed by atoms with Crippen LogP contribution in [-0.2, 0) is 128 Å². The first-order valence-electron chi connectivity index (χ1n) is 48.4. The number of rotatable bonds is 73. The molecule has 0 fully saturated rings. The third kappa shape index (κ3) is 49.3. The number of unbranched alkanes of at least 4 members (excludes halogenated alkanes) is 10. The molecule has 12 amide bonds. The van der Waals surface area contributed by atoms with Crippen LogP contribution in [-0.4, -0.2) is 269 Å². The van der Waals surface area contributed by atoms with Crippen molar-refractivity contribution >= 4 is 107 Å². The molecule has 6 aromatic rings. The van der Waals surface area contributed by atoms with Gasteiger partial charge in [-0.25, -0.2) is 28.8 Å². The Kier molecular flexibility index (Phi) is 53.8. The largest absolute Gasteiger partial charge is 0.508 e. The van der Waals surface area contributed by atoms with Crippen LogP contribution in [0.3, 0.4) is 0 Å². The number of carboxylic acids is 8. The van der Waals surface area contributed by atoms with Crippen LogP contribution in [0.4, 0.5) is 9.59 Å². The SMILES string of the molecule is O=C(O)CCC(NC(=O)NC(CCCCNC(=O)CCCCCCCNC(=O)C(Cc1ccccc1)NC(=O)C(Cc1ccccc1)NC(=O)CCc1ccc(CN(CCN(CC(=O)O)Cc2ccc(CCC(=O)NC(Cc3ccccc3)C(=O)NC(Cc3ccccc3)C(=O)NCCCCCCCC(=O)NCCCCC(NC(=O)NC(CCC(=O)O)C(=O)O)C(=O)O)cc2O)CC(=O)O)c(O)c1)C(=O)O)C(=O)O. The molecule has 6 rings (SSSR count). The molecule has 0 aliphatic carbocycles. The summed E-state index contributed by atoms with van der Waals surface area (Å²) in [6.07, 6.45) is 6.75. The highest BCUT2D eigenvalue weighted by atomic mass is 16.4. The zero-order valence-electron chi connectivity index (χ0n) is 80.6. The van der Waals surface area contributed by atoms with E-state index in [1.54, 1.807) is 109 Å². The molecule has 8 atom stereocenters. The van der Waals surface area contributed by atoms with Gasteiger partial charge >= 0.3 is 59.8 Å². The number of carboxylic acid groups (broad SMARTS) is 8. The summed E-state index contributed by atoms with van der Waals surface area (Å²) in [6.45, 7) is -0.291. The number of phenolic OH excluding ortho intramolecular Hbond substituents is 2. The number of carbonyl (C=O) groups is 18. The zero-order chi connectivity index (χ0) is 105. The van der Waals surface area contributed by atoms with E-state index in [9.17, 15) is 127 Å². The van der Waals surface area contributed by atoms with Crippen LogP contribution in [0.5, 0.6) is 11.5 Å². The van der Waals surface area contributed by atoms with E-state index in [-0.39, 0.29) is 166 Å². The second-order valence-corrected chi connectivity index (χ2v) is 35.2. The second-order valence-electron chi connectivity index (χ2n) is 35.2. The van der Waals surface area contributed by atoms with Crippen molar-refractivity contribution in [2.45, 2.75) is 254 Å². The van der Waals surface area contributed by atoms with Crippen LogP contribution in [0.2, 0.25) is 0 Å². The van der Waals surface area contributed by atoms with Crippen molar-refractivity contribution in [2.75, 3.05) is 52.4 Å². The Morgan fingerprint density at radius 3 is 0.833 bits per heavy atom. The number of nitrogens with one attached hydrogen (secondary N) is 12. The van der Waals surface area contributed by atoms with Crippen molar-refractivity contribution in [3.63, 3.8) is 0 Å². The number of amides is 12. The summed E-state index contributed by atoms with van der Waals surface area (Å²) < 4.78 is 0. The summed E-state index contributed by atoms with van der Waals surface area (Å²) in [5, 5.41) is 130. The number of aryl methyl sites for hydroxylation is 2. The van der Waals surface area contributed by atoms with Crippen molar-refractivity contribution < 1.29 is 137 Å². The van der Waals surface area contributed by atoms with Gasteiger partial charge < -0.3 is 115 Å². The predicted molar refractivity (Wildman–Crippen MR) is 525 cm³/mol. The van der Waals surface area contributed by atoms with Crippen molar-refractivity contribution in [3.05, 3.63) is 202 Å². The summed E-state index contributed by atoms with van der Waals surface area (Å²) in [5.74, 6) is -14.7. The van der Waals surface area contributed by atoms with Crippen LogP contribution in [0.1, 0.15) is 199 Å². The van der Waals surface area contributed by atoms with E-state index in [0.29, 0.717) is 86.5 Å². The maximum Gasteiger partial charge on any atom is 0.326 e. The normalized spacial score (nSPS) is 12.7. The Balaban J connectivity index is 0.945. The minimum atomic E-state index is -1.54. The molecular weight excluding hydrogens is 1870 g/mol. The molecule has 22 N–H and O–H groups in total. The van der Waals surface area contributed by atoms with E-state index in [1.165, 1.54) is 21.9 Å². The van der Waals surface area contributed by atoms with Gasteiger partial charge in [-0.1, -0.05) is 184 Å². The maximum absolute atomic E-state index is 14.4. The molecule has 0 aliphatic rings. The zero-order valence-corrected chi connectivity index (χ0v) is 80.6. The molecule has 0 saturated heterocycles. The van der Waals surface area contributed by atoms with Gasteiger partial charge in [-0.15, -0.1) is 0 Å². The van der Waals surface area contributed by atoms with E-state index in [4.69, 9.17) is 10.2 Å². The van der Waals surface area contributed by atoms with Crippen molar-refractivity contribution in [2.24, 2.45) is 0 Å².